The number of hydrogen-bond acceptors (Lipinski definition) is 3. The van der Waals surface area contributed by atoms with Crippen molar-refractivity contribution in [3.8, 4) is 16.9 Å². The van der Waals surface area contributed by atoms with Crippen molar-refractivity contribution < 1.29 is 14.6 Å². The number of carboxylic acid groups (broad SMARTS) is 1. The van der Waals surface area contributed by atoms with Gasteiger partial charge in [0.2, 0.25) is 0 Å². The molecule has 1 aliphatic heterocycles. The molecule has 1 N–H and O–H groups in total. The van der Waals surface area contributed by atoms with Gasteiger partial charge in [-0.05, 0) is 77.5 Å². The Morgan fingerprint density at radius 3 is 2.23 bits per heavy atom. The first-order valence-corrected chi connectivity index (χ1v) is 11.1. The number of nitrogens with zero attached hydrogens (tertiary/aromatic N) is 1. The Morgan fingerprint density at radius 2 is 1.60 bits per heavy atom. The molecular formula is C26H33NO3. The number of carbonyl (C=O) groups is 1. The molecule has 1 aliphatic carbocycles. The molecule has 30 heavy (non-hydrogen) atoms. The summed E-state index contributed by atoms with van der Waals surface area (Å²) in [6, 6.07) is 14.9. The maximum atomic E-state index is 11.0. The SMILES string of the molecule is CC(C)(C)[C@H]1CC[C@H](Oc2ccc(-c3ccc4c(c3)CN(CC(=O)O)C4)cc2)CC1. The number of aliphatic carboxylic acids is 1. The Bertz CT molecular complexity index is 889. The molecule has 4 rings (SSSR count). The summed E-state index contributed by atoms with van der Waals surface area (Å²) in [5.41, 5.74) is 5.18. The molecule has 4 nitrogen and oxygen atoms in total. The molecule has 0 unspecified atom stereocenters. The number of ether oxygens (including phenoxy) is 1. The Balaban J connectivity index is 1.36. The highest BCUT2D eigenvalue weighted by atomic mass is 16.5. The van der Waals surface area contributed by atoms with Gasteiger partial charge >= 0.3 is 5.97 Å². The second-order valence-corrected chi connectivity index (χ2v) is 10.0. The number of fused-ring (bicyclic) bond motifs is 1. The molecule has 1 heterocycles. The van der Waals surface area contributed by atoms with Crippen LogP contribution in [0.2, 0.25) is 0 Å². The van der Waals surface area contributed by atoms with Gasteiger partial charge in [-0.3, -0.25) is 9.69 Å². The van der Waals surface area contributed by atoms with E-state index in [0.717, 1.165) is 24.5 Å². The van der Waals surface area contributed by atoms with Crippen molar-refractivity contribution >= 4 is 5.97 Å². The molecule has 0 spiro atoms. The zero-order chi connectivity index (χ0) is 21.3. The molecule has 0 bridgehead atoms. The summed E-state index contributed by atoms with van der Waals surface area (Å²) < 4.78 is 6.27. The number of rotatable bonds is 5. The van der Waals surface area contributed by atoms with Crippen molar-refractivity contribution in [1.29, 1.82) is 0 Å². The van der Waals surface area contributed by atoms with Gasteiger partial charge < -0.3 is 9.84 Å². The van der Waals surface area contributed by atoms with Gasteiger partial charge in [0.05, 0.1) is 12.6 Å². The summed E-state index contributed by atoms with van der Waals surface area (Å²) in [6.07, 6.45) is 5.11. The fourth-order valence-corrected chi connectivity index (χ4v) is 4.91. The summed E-state index contributed by atoms with van der Waals surface area (Å²) in [4.78, 5) is 12.9. The minimum absolute atomic E-state index is 0.0910. The first-order chi connectivity index (χ1) is 14.3. The third kappa shape index (κ3) is 4.86. The molecular weight excluding hydrogens is 374 g/mol. The van der Waals surface area contributed by atoms with Crippen LogP contribution in [0.3, 0.4) is 0 Å². The van der Waals surface area contributed by atoms with E-state index < -0.39 is 5.97 Å². The third-order valence-electron chi connectivity index (χ3n) is 6.74. The molecule has 2 aromatic rings. The Morgan fingerprint density at radius 1 is 0.967 bits per heavy atom. The standard InChI is InChI=1S/C26H33NO3/c1-26(2,3)22-8-12-24(13-9-22)30-23-10-6-18(7-11-23)19-4-5-20-15-27(17-25(28)29)16-21(20)14-19/h4-7,10-11,14,22,24H,8-9,12-13,15-17H2,1-3H3,(H,28,29)/t22-,24-. The zero-order valence-corrected chi connectivity index (χ0v) is 18.4. The van der Waals surface area contributed by atoms with Crippen molar-refractivity contribution in [2.75, 3.05) is 6.54 Å². The normalized spacial score (nSPS) is 22.0. The van der Waals surface area contributed by atoms with Crippen molar-refractivity contribution in [2.24, 2.45) is 11.3 Å². The molecule has 1 fully saturated rings. The highest BCUT2D eigenvalue weighted by Gasteiger charge is 2.30. The quantitative estimate of drug-likeness (QED) is 0.687. The highest BCUT2D eigenvalue weighted by Crippen LogP contribution is 2.39. The number of hydrogen-bond donors (Lipinski definition) is 1. The molecule has 2 aromatic carbocycles. The van der Waals surface area contributed by atoms with Crippen LogP contribution in [0, 0.1) is 11.3 Å². The number of benzene rings is 2. The molecule has 0 aromatic heterocycles. The molecule has 0 atom stereocenters. The van der Waals surface area contributed by atoms with E-state index in [9.17, 15) is 4.79 Å². The molecule has 0 amide bonds. The average molecular weight is 408 g/mol. The van der Waals surface area contributed by atoms with E-state index >= 15 is 0 Å². The lowest BCUT2D eigenvalue weighted by Crippen LogP contribution is -2.30. The smallest absolute Gasteiger partial charge is 0.317 e. The molecule has 160 valence electrons. The van der Waals surface area contributed by atoms with Crippen molar-refractivity contribution in [2.45, 2.75) is 65.6 Å². The topological polar surface area (TPSA) is 49.8 Å². The van der Waals surface area contributed by atoms with Gasteiger partial charge in [0.25, 0.3) is 0 Å². The van der Waals surface area contributed by atoms with E-state index in [4.69, 9.17) is 9.84 Å². The van der Waals surface area contributed by atoms with Gasteiger partial charge in [-0.2, -0.15) is 0 Å². The summed E-state index contributed by atoms with van der Waals surface area (Å²) in [7, 11) is 0. The second-order valence-electron chi connectivity index (χ2n) is 10.0. The fraction of sp³-hybridized carbons (Fsp3) is 0.500. The predicted octanol–water partition coefficient (Wildman–Crippen LogP) is 5.74. The van der Waals surface area contributed by atoms with Crippen LogP contribution < -0.4 is 4.74 Å². The van der Waals surface area contributed by atoms with E-state index in [2.05, 4.69) is 63.2 Å². The monoisotopic (exact) mass is 407 g/mol. The Labute approximate surface area is 179 Å². The maximum absolute atomic E-state index is 11.0. The summed E-state index contributed by atoms with van der Waals surface area (Å²) in [6.45, 7) is 8.55. The summed E-state index contributed by atoms with van der Waals surface area (Å²) >= 11 is 0. The van der Waals surface area contributed by atoms with Gasteiger partial charge in [-0.25, -0.2) is 0 Å². The second kappa shape index (κ2) is 8.43. The van der Waals surface area contributed by atoms with E-state index in [1.54, 1.807) is 0 Å². The summed E-state index contributed by atoms with van der Waals surface area (Å²) in [5.74, 6) is 0.975. The maximum Gasteiger partial charge on any atom is 0.317 e. The molecule has 0 radical (unpaired) electrons. The minimum Gasteiger partial charge on any atom is -0.490 e. The Kier molecular flexibility index (Phi) is 5.88. The Hall–Kier alpha value is -2.33. The van der Waals surface area contributed by atoms with Crippen molar-refractivity contribution in [3.05, 3.63) is 53.6 Å². The van der Waals surface area contributed by atoms with E-state index in [1.165, 1.54) is 35.1 Å². The molecule has 4 heteroatoms. The largest absolute Gasteiger partial charge is 0.490 e. The van der Waals surface area contributed by atoms with Gasteiger partial charge in [0, 0.05) is 13.1 Å². The van der Waals surface area contributed by atoms with E-state index in [1.807, 2.05) is 4.90 Å². The summed E-state index contributed by atoms with van der Waals surface area (Å²) in [5, 5.41) is 9.02. The van der Waals surface area contributed by atoms with Crippen LogP contribution in [-0.2, 0) is 17.9 Å². The minimum atomic E-state index is -0.773. The predicted molar refractivity (Wildman–Crippen MR) is 119 cm³/mol. The van der Waals surface area contributed by atoms with Crippen LogP contribution in [0.15, 0.2) is 42.5 Å². The first-order valence-electron chi connectivity index (χ1n) is 11.1. The van der Waals surface area contributed by atoms with Crippen LogP contribution in [0.25, 0.3) is 11.1 Å². The van der Waals surface area contributed by atoms with Gasteiger partial charge in [0.1, 0.15) is 5.75 Å². The van der Waals surface area contributed by atoms with Crippen molar-refractivity contribution in [1.82, 2.24) is 4.90 Å². The zero-order valence-electron chi connectivity index (χ0n) is 18.4. The highest BCUT2D eigenvalue weighted by molar-refractivity contribution is 5.69. The van der Waals surface area contributed by atoms with Crippen LogP contribution in [0.1, 0.15) is 57.6 Å². The lowest BCUT2D eigenvalue weighted by atomic mass is 9.72. The van der Waals surface area contributed by atoms with Gasteiger partial charge in [0.15, 0.2) is 0 Å². The fourth-order valence-electron chi connectivity index (χ4n) is 4.91. The molecule has 2 aliphatic rings. The van der Waals surface area contributed by atoms with Crippen LogP contribution in [0.4, 0.5) is 0 Å². The average Bonchev–Trinajstić information content (AvgIpc) is 3.09. The van der Waals surface area contributed by atoms with Crippen LogP contribution >= 0.6 is 0 Å². The lowest BCUT2D eigenvalue weighted by Gasteiger charge is -2.36. The first kappa shape index (κ1) is 20.9. The molecule has 1 saturated carbocycles. The van der Waals surface area contributed by atoms with Crippen LogP contribution in [0.5, 0.6) is 5.75 Å². The third-order valence-corrected chi connectivity index (χ3v) is 6.74. The van der Waals surface area contributed by atoms with Gasteiger partial charge in [-0.15, -0.1) is 0 Å². The van der Waals surface area contributed by atoms with Crippen molar-refractivity contribution in [3.63, 3.8) is 0 Å². The molecule has 0 saturated heterocycles. The van der Waals surface area contributed by atoms with E-state index in [-0.39, 0.29) is 6.54 Å². The van der Waals surface area contributed by atoms with Gasteiger partial charge in [-0.1, -0.05) is 45.0 Å². The van der Waals surface area contributed by atoms with E-state index in [0.29, 0.717) is 24.6 Å². The number of carboxylic acids is 1. The lowest BCUT2D eigenvalue weighted by molar-refractivity contribution is -0.138. The van der Waals surface area contributed by atoms with Crippen LogP contribution in [-0.4, -0.2) is 28.6 Å².